The summed E-state index contributed by atoms with van der Waals surface area (Å²) < 4.78 is 5.01. The first kappa shape index (κ1) is 10.3. The van der Waals surface area contributed by atoms with Crippen molar-refractivity contribution in [2.24, 2.45) is 4.99 Å². The molecule has 0 saturated heterocycles. The fraction of sp³-hybridized carbons (Fsp3) is 0.0833. The van der Waals surface area contributed by atoms with Crippen LogP contribution in [-0.2, 0) is 0 Å². The Morgan fingerprint density at radius 1 is 1.31 bits per heavy atom. The first-order valence-corrected chi connectivity index (χ1v) is 4.82. The SMILES string of the molecule is COc1cc(/N=C/c2cccnc2)ccn1. The molecule has 4 nitrogen and oxygen atoms in total. The summed E-state index contributed by atoms with van der Waals surface area (Å²) in [5.74, 6) is 0.556. The van der Waals surface area contributed by atoms with Gasteiger partial charge in [-0.15, -0.1) is 0 Å². The predicted octanol–water partition coefficient (Wildman–Crippen LogP) is 2.24. The van der Waals surface area contributed by atoms with Gasteiger partial charge in [-0.2, -0.15) is 0 Å². The first-order chi connectivity index (χ1) is 7.88. The molecule has 2 heterocycles. The maximum absolute atomic E-state index is 5.01. The Morgan fingerprint density at radius 3 is 3.00 bits per heavy atom. The molecule has 0 aromatic carbocycles. The summed E-state index contributed by atoms with van der Waals surface area (Å²) in [6.45, 7) is 0. The van der Waals surface area contributed by atoms with Crippen molar-refractivity contribution < 1.29 is 4.74 Å². The minimum Gasteiger partial charge on any atom is -0.481 e. The fourth-order valence-electron chi connectivity index (χ4n) is 1.19. The molecule has 2 rings (SSSR count). The van der Waals surface area contributed by atoms with Crippen LogP contribution in [0, 0.1) is 0 Å². The highest BCUT2D eigenvalue weighted by Gasteiger charge is 1.93. The Labute approximate surface area is 93.7 Å². The van der Waals surface area contributed by atoms with Gasteiger partial charge in [-0.1, -0.05) is 6.07 Å². The van der Waals surface area contributed by atoms with Gasteiger partial charge < -0.3 is 4.74 Å². The van der Waals surface area contributed by atoms with Gasteiger partial charge in [-0.3, -0.25) is 9.98 Å². The number of nitrogens with zero attached hydrogens (tertiary/aromatic N) is 3. The molecule has 0 radical (unpaired) electrons. The number of hydrogen-bond donors (Lipinski definition) is 0. The monoisotopic (exact) mass is 213 g/mol. The van der Waals surface area contributed by atoms with Crippen molar-refractivity contribution in [3.05, 3.63) is 48.4 Å². The van der Waals surface area contributed by atoms with Crippen molar-refractivity contribution in [1.29, 1.82) is 0 Å². The van der Waals surface area contributed by atoms with E-state index < -0.39 is 0 Å². The number of pyridine rings is 2. The normalized spacial score (nSPS) is 10.6. The minimum atomic E-state index is 0.556. The second-order valence-electron chi connectivity index (χ2n) is 3.10. The highest BCUT2D eigenvalue weighted by Crippen LogP contribution is 2.16. The van der Waals surface area contributed by atoms with Crippen LogP contribution in [0.1, 0.15) is 5.56 Å². The van der Waals surface area contributed by atoms with Crippen LogP contribution >= 0.6 is 0 Å². The van der Waals surface area contributed by atoms with E-state index in [-0.39, 0.29) is 0 Å². The average molecular weight is 213 g/mol. The molecular formula is C12H11N3O. The molecule has 2 aromatic heterocycles. The van der Waals surface area contributed by atoms with Crippen LogP contribution in [0.2, 0.25) is 0 Å². The molecule has 0 aliphatic heterocycles. The Hall–Kier alpha value is -2.23. The zero-order chi connectivity index (χ0) is 11.2. The Kier molecular flexibility index (Phi) is 3.23. The molecule has 16 heavy (non-hydrogen) atoms. The lowest BCUT2D eigenvalue weighted by atomic mass is 10.3. The van der Waals surface area contributed by atoms with Crippen LogP contribution < -0.4 is 4.74 Å². The van der Waals surface area contributed by atoms with Crippen LogP contribution in [0.5, 0.6) is 5.88 Å². The first-order valence-electron chi connectivity index (χ1n) is 4.82. The van der Waals surface area contributed by atoms with Gasteiger partial charge in [-0.25, -0.2) is 4.98 Å². The van der Waals surface area contributed by atoms with Crippen LogP contribution in [0.3, 0.4) is 0 Å². The van der Waals surface area contributed by atoms with Gasteiger partial charge in [0.15, 0.2) is 0 Å². The van der Waals surface area contributed by atoms with E-state index in [4.69, 9.17) is 4.74 Å². The predicted molar refractivity (Wildman–Crippen MR) is 62.3 cm³/mol. The standard InChI is InChI=1S/C12H11N3O/c1-16-12-7-11(4-6-14-12)15-9-10-3-2-5-13-8-10/h2-9H,1H3/b15-9+. The molecule has 0 bridgehead atoms. The minimum absolute atomic E-state index is 0.556. The summed E-state index contributed by atoms with van der Waals surface area (Å²) in [4.78, 5) is 12.3. The van der Waals surface area contributed by atoms with E-state index in [1.165, 1.54) is 0 Å². The molecule has 80 valence electrons. The lowest BCUT2D eigenvalue weighted by Gasteiger charge is -1.98. The molecule has 0 unspecified atom stereocenters. The molecule has 0 amide bonds. The summed E-state index contributed by atoms with van der Waals surface area (Å²) >= 11 is 0. The van der Waals surface area contributed by atoms with E-state index >= 15 is 0 Å². The third-order valence-electron chi connectivity index (χ3n) is 1.97. The molecule has 2 aromatic rings. The highest BCUT2D eigenvalue weighted by molar-refractivity contribution is 5.81. The number of ether oxygens (including phenoxy) is 1. The van der Waals surface area contributed by atoms with E-state index in [9.17, 15) is 0 Å². The number of aromatic nitrogens is 2. The molecule has 0 saturated carbocycles. The summed E-state index contributed by atoms with van der Waals surface area (Å²) in [5.41, 5.74) is 1.76. The van der Waals surface area contributed by atoms with E-state index in [0.717, 1.165) is 11.3 Å². The number of methoxy groups -OCH3 is 1. The van der Waals surface area contributed by atoms with Gasteiger partial charge in [0.2, 0.25) is 5.88 Å². The van der Waals surface area contributed by atoms with Crippen LogP contribution in [0.15, 0.2) is 47.8 Å². The topological polar surface area (TPSA) is 47.4 Å². The summed E-state index contributed by atoms with van der Waals surface area (Å²) in [7, 11) is 1.58. The second-order valence-corrected chi connectivity index (χ2v) is 3.10. The smallest absolute Gasteiger partial charge is 0.215 e. The van der Waals surface area contributed by atoms with Crippen molar-refractivity contribution in [3.8, 4) is 5.88 Å². The van der Waals surface area contributed by atoms with Gasteiger partial charge in [0, 0.05) is 36.4 Å². The van der Waals surface area contributed by atoms with Gasteiger partial charge in [-0.05, 0) is 12.1 Å². The van der Waals surface area contributed by atoms with Crippen molar-refractivity contribution in [1.82, 2.24) is 9.97 Å². The zero-order valence-electron chi connectivity index (χ0n) is 8.87. The number of aliphatic imine (C=N–C) groups is 1. The van der Waals surface area contributed by atoms with E-state index in [0.29, 0.717) is 5.88 Å². The lowest BCUT2D eigenvalue weighted by molar-refractivity contribution is 0.398. The van der Waals surface area contributed by atoms with Gasteiger partial charge in [0.05, 0.1) is 12.8 Å². The number of hydrogen-bond acceptors (Lipinski definition) is 4. The van der Waals surface area contributed by atoms with Crippen molar-refractivity contribution in [3.63, 3.8) is 0 Å². The summed E-state index contributed by atoms with van der Waals surface area (Å²) in [6.07, 6.45) is 6.89. The quantitative estimate of drug-likeness (QED) is 0.734. The molecule has 0 fully saturated rings. The number of rotatable bonds is 3. The average Bonchev–Trinajstić information content (AvgIpc) is 2.38. The van der Waals surface area contributed by atoms with Crippen molar-refractivity contribution >= 4 is 11.9 Å². The van der Waals surface area contributed by atoms with Crippen molar-refractivity contribution in [2.45, 2.75) is 0 Å². The van der Waals surface area contributed by atoms with Gasteiger partial charge in [0.25, 0.3) is 0 Å². The largest absolute Gasteiger partial charge is 0.481 e. The van der Waals surface area contributed by atoms with E-state index in [1.54, 1.807) is 38.0 Å². The Balaban J connectivity index is 2.17. The zero-order valence-corrected chi connectivity index (χ0v) is 8.87. The molecule has 0 atom stereocenters. The molecular weight excluding hydrogens is 202 g/mol. The third-order valence-corrected chi connectivity index (χ3v) is 1.97. The maximum atomic E-state index is 5.01. The lowest BCUT2D eigenvalue weighted by Crippen LogP contribution is -1.85. The van der Waals surface area contributed by atoms with Crippen molar-refractivity contribution in [2.75, 3.05) is 7.11 Å². The van der Waals surface area contributed by atoms with Crippen LogP contribution in [-0.4, -0.2) is 23.3 Å². The summed E-state index contributed by atoms with van der Waals surface area (Å²) in [6, 6.07) is 7.39. The highest BCUT2D eigenvalue weighted by atomic mass is 16.5. The summed E-state index contributed by atoms with van der Waals surface area (Å²) in [5, 5.41) is 0. The van der Waals surface area contributed by atoms with Crippen LogP contribution in [0.4, 0.5) is 5.69 Å². The fourth-order valence-corrected chi connectivity index (χ4v) is 1.19. The molecule has 0 aliphatic carbocycles. The second kappa shape index (κ2) is 5.02. The molecule has 0 spiro atoms. The van der Waals surface area contributed by atoms with Crippen LogP contribution in [0.25, 0.3) is 0 Å². The molecule has 0 N–H and O–H groups in total. The third kappa shape index (κ3) is 2.63. The molecule has 4 heteroatoms. The van der Waals surface area contributed by atoms with E-state index in [1.807, 2.05) is 18.2 Å². The Bertz CT molecular complexity index is 483. The Morgan fingerprint density at radius 2 is 2.25 bits per heavy atom. The van der Waals surface area contributed by atoms with Gasteiger partial charge >= 0.3 is 0 Å². The van der Waals surface area contributed by atoms with E-state index in [2.05, 4.69) is 15.0 Å². The van der Waals surface area contributed by atoms with Gasteiger partial charge in [0.1, 0.15) is 0 Å². The maximum Gasteiger partial charge on any atom is 0.215 e. The molecule has 0 aliphatic rings.